The molecule has 0 fully saturated rings. The second-order valence-corrected chi connectivity index (χ2v) is 5.72. The topological polar surface area (TPSA) is 51.5 Å². The standard InChI is InChI=1S/C19H25NO3/c1-3-4-8-11-20-15(2)12-18(22)19(17(20)13-21)23-14-16-9-6-5-7-10-16/h5-7,9-10,12,21H,3-4,8,11,13-14H2,1-2H3. The van der Waals surface area contributed by atoms with E-state index in [4.69, 9.17) is 4.74 Å². The van der Waals surface area contributed by atoms with Crippen molar-refractivity contribution in [1.82, 2.24) is 4.57 Å². The Labute approximate surface area is 137 Å². The molecule has 0 aliphatic carbocycles. The zero-order valence-corrected chi connectivity index (χ0v) is 13.9. The van der Waals surface area contributed by atoms with Crippen molar-refractivity contribution in [2.45, 2.75) is 52.9 Å². The van der Waals surface area contributed by atoms with Gasteiger partial charge in [0, 0.05) is 18.3 Å². The molecule has 0 saturated heterocycles. The van der Waals surface area contributed by atoms with Crippen molar-refractivity contribution in [3.63, 3.8) is 0 Å². The van der Waals surface area contributed by atoms with E-state index >= 15 is 0 Å². The maximum atomic E-state index is 12.3. The molecule has 1 aromatic heterocycles. The highest BCUT2D eigenvalue weighted by Gasteiger charge is 2.14. The first-order valence-corrected chi connectivity index (χ1v) is 8.18. The molecule has 0 spiro atoms. The maximum absolute atomic E-state index is 12.3. The summed E-state index contributed by atoms with van der Waals surface area (Å²) in [5.74, 6) is 0.262. The number of aliphatic hydroxyl groups is 1. The van der Waals surface area contributed by atoms with Crippen LogP contribution in [0.5, 0.6) is 5.75 Å². The fourth-order valence-corrected chi connectivity index (χ4v) is 2.68. The minimum atomic E-state index is -0.201. The molecule has 0 saturated carbocycles. The minimum Gasteiger partial charge on any atom is -0.483 e. The lowest BCUT2D eigenvalue weighted by Crippen LogP contribution is -2.20. The van der Waals surface area contributed by atoms with E-state index < -0.39 is 0 Å². The predicted molar refractivity (Wildman–Crippen MR) is 91.7 cm³/mol. The van der Waals surface area contributed by atoms with Crippen molar-refractivity contribution in [3.05, 3.63) is 63.6 Å². The maximum Gasteiger partial charge on any atom is 0.224 e. The fourth-order valence-electron chi connectivity index (χ4n) is 2.68. The first-order chi connectivity index (χ1) is 11.2. The molecule has 2 rings (SSSR count). The summed E-state index contributed by atoms with van der Waals surface area (Å²) in [6.07, 6.45) is 3.27. The number of aromatic nitrogens is 1. The van der Waals surface area contributed by atoms with Crippen LogP contribution in [-0.4, -0.2) is 9.67 Å². The van der Waals surface area contributed by atoms with Crippen LogP contribution in [0.1, 0.15) is 43.1 Å². The third kappa shape index (κ3) is 4.45. The number of nitrogens with zero attached hydrogens (tertiary/aromatic N) is 1. The summed E-state index contributed by atoms with van der Waals surface area (Å²) in [6.45, 7) is 4.96. The van der Waals surface area contributed by atoms with Gasteiger partial charge in [-0.05, 0) is 18.9 Å². The van der Waals surface area contributed by atoms with Gasteiger partial charge in [0.1, 0.15) is 6.61 Å². The third-order valence-electron chi connectivity index (χ3n) is 3.94. The number of ether oxygens (including phenoxy) is 1. The van der Waals surface area contributed by atoms with Gasteiger partial charge in [0.25, 0.3) is 0 Å². The molecule has 0 bridgehead atoms. The molecule has 0 unspecified atom stereocenters. The van der Waals surface area contributed by atoms with E-state index in [1.54, 1.807) is 6.07 Å². The van der Waals surface area contributed by atoms with Crippen LogP contribution in [0.25, 0.3) is 0 Å². The van der Waals surface area contributed by atoms with Gasteiger partial charge in [0.15, 0.2) is 5.75 Å². The summed E-state index contributed by atoms with van der Waals surface area (Å²) in [7, 11) is 0. The highest BCUT2D eigenvalue weighted by atomic mass is 16.5. The number of aryl methyl sites for hydroxylation is 1. The summed E-state index contributed by atoms with van der Waals surface area (Å²) in [4.78, 5) is 12.3. The van der Waals surface area contributed by atoms with Gasteiger partial charge in [-0.2, -0.15) is 0 Å². The molecule has 0 atom stereocenters. The fraction of sp³-hybridized carbons (Fsp3) is 0.421. The van der Waals surface area contributed by atoms with E-state index in [9.17, 15) is 9.90 Å². The number of hydrogen-bond donors (Lipinski definition) is 1. The van der Waals surface area contributed by atoms with Crippen LogP contribution in [0.4, 0.5) is 0 Å². The second kappa shape index (κ2) is 8.53. The zero-order valence-electron chi connectivity index (χ0n) is 13.9. The van der Waals surface area contributed by atoms with Crippen LogP contribution in [-0.2, 0) is 19.8 Å². The van der Waals surface area contributed by atoms with Gasteiger partial charge in [-0.25, -0.2) is 0 Å². The lowest BCUT2D eigenvalue weighted by atomic mass is 10.2. The highest BCUT2D eigenvalue weighted by Crippen LogP contribution is 2.18. The SMILES string of the molecule is CCCCCn1c(C)cc(=O)c(OCc2ccccc2)c1CO. The lowest BCUT2D eigenvalue weighted by molar-refractivity contribution is 0.243. The molecular formula is C19H25NO3. The number of benzene rings is 1. The van der Waals surface area contributed by atoms with Gasteiger partial charge in [-0.15, -0.1) is 0 Å². The van der Waals surface area contributed by atoms with Gasteiger partial charge in [-0.1, -0.05) is 50.1 Å². The molecule has 1 N–H and O–H groups in total. The van der Waals surface area contributed by atoms with Crippen LogP contribution in [0.2, 0.25) is 0 Å². The lowest BCUT2D eigenvalue weighted by Gasteiger charge is -2.19. The summed E-state index contributed by atoms with van der Waals surface area (Å²) in [5.41, 5.74) is 2.26. The molecule has 0 aliphatic heterocycles. The van der Waals surface area contributed by atoms with E-state index in [1.165, 1.54) is 0 Å². The zero-order chi connectivity index (χ0) is 16.7. The van der Waals surface area contributed by atoms with Crippen LogP contribution < -0.4 is 10.2 Å². The Balaban J connectivity index is 2.26. The van der Waals surface area contributed by atoms with Crippen LogP contribution in [0, 0.1) is 6.92 Å². The Hall–Kier alpha value is -2.07. The van der Waals surface area contributed by atoms with Crippen LogP contribution in [0.3, 0.4) is 0 Å². The second-order valence-electron chi connectivity index (χ2n) is 5.72. The molecule has 0 amide bonds. The molecule has 4 heteroatoms. The molecule has 0 radical (unpaired) electrons. The van der Waals surface area contributed by atoms with E-state index in [0.29, 0.717) is 12.3 Å². The first-order valence-electron chi connectivity index (χ1n) is 8.18. The van der Waals surface area contributed by atoms with Crippen molar-refractivity contribution in [2.75, 3.05) is 0 Å². The summed E-state index contributed by atoms with van der Waals surface area (Å²) >= 11 is 0. The summed E-state index contributed by atoms with van der Waals surface area (Å²) in [5, 5.41) is 9.76. The average molecular weight is 315 g/mol. The minimum absolute atomic E-state index is 0.172. The molecular weight excluding hydrogens is 290 g/mol. The monoisotopic (exact) mass is 315 g/mol. The van der Waals surface area contributed by atoms with Crippen LogP contribution >= 0.6 is 0 Å². The van der Waals surface area contributed by atoms with Gasteiger partial charge >= 0.3 is 0 Å². The van der Waals surface area contributed by atoms with Gasteiger partial charge < -0.3 is 14.4 Å². The Kier molecular flexibility index (Phi) is 6.41. The highest BCUT2D eigenvalue weighted by molar-refractivity contribution is 5.31. The Morgan fingerprint density at radius 2 is 1.91 bits per heavy atom. The Bertz CT molecular complexity index is 677. The van der Waals surface area contributed by atoms with Crippen molar-refractivity contribution < 1.29 is 9.84 Å². The van der Waals surface area contributed by atoms with E-state index in [-0.39, 0.29) is 17.8 Å². The van der Waals surface area contributed by atoms with Crippen molar-refractivity contribution >= 4 is 0 Å². The number of unbranched alkanes of at least 4 members (excludes halogenated alkanes) is 2. The van der Waals surface area contributed by atoms with Gasteiger partial charge in [-0.3, -0.25) is 4.79 Å². The molecule has 1 heterocycles. The molecule has 23 heavy (non-hydrogen) atoms. The normalized spacial score (nSPS) is 10.7. The van der Waals surface area contributed by atoms with E-state index in [1.807, 2.05) is 41.8 Å². The smallest absolute Gasteiger partial charge is 0.224 e. The van der Waals surface area contributed by atoms with Crippen LogP contribution in [0.15, 0.2) is 41.2 Å². The third-order valence-corrected chi connectivity index (χ3v) is 3.94. The Morgan fingerprint density at radius 1 is 1.17 bits per heavy atom. The summed E-state index contributed by atoms with van der Waals surface area (Å²) < 4.78 is 7.75. The summed E-state index contributed by atoms with van der Waals surface area (Å²) in [6, 6.07) is 11.3. The van der Waals surface area contributed by atoms with Gasteiger partial charge in [0.2, 0.25) is 5.43 Å². The predicted octanol–water partition coefficient (Wildman–Crippen LogP) is 3.42. The molecule has 1 aromatic carbocycles. The number of hydrogen-bond acceptors (Lipinski definition) is 3. The van der Waals surface area contributed by atoms with Crippen molar-refractivity contribution in [1.29, 1.82) is 0 Å². The number of pyridine rings is 1. The first kappa shape index (κ1) is 17.3. The van der Waals surface area contributed by atoms with Gasteiger partial charge in [0.05, 0.1) is 12.3 Å². The number of rotatable bonds is 8. The number of aliphatic hydroxyl groups excluding tert-OH is 1. The Morgan fingerprint density at radius 3 is 2.57 bits per heavy atom. The molecule has 4 nitrogen and oxygen atoms in total. The van der Waals surface area contributed by atoms with Crippen molar-refractivity contribution in [3.8, 4) is 5.75 Å². The molecule has 0 aliphatic rings. The van der Waals surface area contributed by atoms with E-state index in [2.05, 4.69) is 6.92 Å². The van der Waals surface area contributed by atoms with Crippen molar-refractivity contribution in [2.24, 2.45) is 0 Å². The quantitative estimate of drug-likeness (QED) is 0.759. The molecule has 2 aromatic rings. The molecule has 124 valence electrons. The van der Waals surface area contributed by atoms with E-state index in [0.717, 1.165) is 37.1 Å². The largest absolute Gasteiger partial charge is 0.483 e. The average Bonchev–Trinajstić information content (AvgIpc) is 2.56.